The average Bonchev–Trinajstić information content (AvgIpc) is 3.14. The minimum atomic E-state index is -0.572. The molecule has 3 aromatic rings. The molecule has 0 radical (unpaired) electrons. The van der Waals surface area contributed by atoms with Crippen LogP contribution in [-0.2, 0) is 13.1 Å². The molecular weight excluding hydrogens is 352 g/mol. The fraction of sp³-hybridized carbons (Fsp3) is 0.222. The third-order valence-corrected chi connectivity index (χ3v) is 4.30. The molecule has 2 N–H and O–H groups in total. The van der Waals surface area contributed by atoms with Gasteiger partial charge in [0.25, 0.3) is 11.5 Å². The van der Waals surface area contributed by atoms with Gasteiger partial charge in [0.15, 0.2) is 11.5 Å². The van der Waals surface area contributed by atoms with Crippen molar-refractivity contribution < 1.29 is 14.3 Å². The molecule has 9 nitrogen and oxygen atoms in total. The molecule has 2 aromatic heterocycles. The normalized spacial score (nSPS) is 12.3. The van der Waals surface area contributed by atoms with Crippen LogP contribution in [0.2, 0.25) is 0 Å². The fourth-order valence-corrected chi connectivity index (χ4v) is 2.92. The van der Waals surface area contributed by atoms with Gasteiger partial charge in [-0.1, -0.05) is 6.07 Å². The van der Waals surface area contributed by atoms with Crippen molar-refractivity contribution in [2.24, 2.45) is 0 Å². The molecule has 1 aromatic carbocycles. The van der Waals surface area contributed by atoms with E-state index in [1.165, 1.54) is 16.8 Å². The Bertz CT molecular complexity index is 1160. The summed E-state index contributed by atoms with van der Waals surface area (Å²) in [6, 6.07) is 6.84. The lowest BCUT2D eigenvalue weighted by Crippen LogP contribution is -2.31. The second-order valence-electron chi connectivity index (χ2n) is 5.97. The zero-order chi connectivity index (χ0) is 19.0. The number of aryl methyl sites for hydroxylation is 1. The number of amides is 1. The van der Waals surface area contributed by atoms with E-state index in [2.05, 4.69) is 15.3 Å². The van der Waals surface area contributed by atoms with E-state index in [1.54, 1.807) is 19.1 Å². The first-order chi connectivity index (χ1) is 13.1. The SMILES string of the molecule is CCn1c(=O)[nH]c(=O)c2cc(C(=O)NCc3ccc4c(c3)OCO4)cnc21. The lowest BCUT2D eigenvalue weighted by atomic mass is 10.2. The van der Waals surface area contributed by atoms with E-state index in [4.69, 9.17) is 9.47 Å². The predicted molar refractivity (Wildman–Crippen MR) is 96.0 cm³/mol. The number of pyridine rings is 1. The maximum Gasteiger partial charge on any atom is 0.329 e. The minimum Gasteiger partial charge on any atom is -0.454 e. The minimum absolute atomic E-state index is 0.186. The van der Waals surface area contributed by atoms with Gasteiger partial charge in [-0.15, -0.1) is 0 Å². The van der Waals surface area contributed by atoms with Gasteiger partial charge in [-0.25, -0.2) is 9.78 Å². The van der Waals surface area contributed by atoms with Crippen LogP contribution < -0.4 is 26.0 Å². The molecule has 0 saturated heterocycles. The zero-order valence-corrected chi connectivity index (χ0v) is 14.4. The number of benzene rings is 1. The number of nitrogens with zero attached hydrogens (tertiary/aromatic N) is 2. The van der Waals surface area contributed by atoms with Gasteiger partial charge in [0, 0.05) is 19.3 Å². The lowest BCUT2D eigenvalue weighted by Gasteiger charge is -2.09. The number of nitrogens with one attached hydrogen (secondary N) is 2. The maximum absolute atomic E-state index is 12.4. The topological polar surface area (TPSA) is 115 Å². The van der Waals surface area contributed by atoms with Crippen molar-refractivity contribution in [1.82, 2.24) is 19.9 Å². The van der Waals surface area contributed by atoms with E-state index in [-0.39, 0.29) is 35.8 Å². The number of aromatic amines is 1. The van der Waals surface area contributed by atoms with Gasteiger partial charge in [-0.3, -0.25) is 19.1 Å². The molecule has 0 unspecified atom stereocenters. The van der Waals surface area contributed by atoms with Crippen molar-refractivity contribution in [3.05, 3.63) is 62.4 Å². The molecule has 27 heavy (non-hydrogen) atoms. The van der Waals surface area contributed by atoms with Crippen molar-refractivity contribution in [3.63, 3.8) is 0 Å². The first-order valence-electron chi connectivity index (χ1n) is 8.36. The van der Waals surface area contributed by atoms with Gasteiger partial charge in [0.1, 0.15) is 5.65 Å². The largest absolute Gasteiger partial charge is 0.454 e. The maximum atomic E-state index is 12.4. The number of hydrogen-bond donors (Lipinski definition) is 2. The van der Waals surface area contributed by atoms with Crippen LogP contribution in [0.3, 0.4) is 0 Å². The van der Waals surface area contributed by atoms with Crippen molar-refractivity contribution in [3.8, 4) is 11.5 Å². The number of carbonyl (C=O) groups is 1. The summed E-state index contributed by atoms with van der Waals surface area (Å²) in [6.45, 7) is 2.59. The van der Waals surface area contributed by atoms with E-state index in [0.29, 0.717) is 18.0 Å². The van der Waals surface area contributed by atoms with Crippen LogP contribution in [0.5, 0.6) is 11.5 Å². The van der Waals surface area contributed by atoms with Crippen molar-refractivity contribution in [2.75, 3.05) is 6.79 Å². The van der Waals surface area contributed by atoms with E-state index < -0.39 is 11.2 Å². The molecule has 0 bridgehead atoms. The smallest absolute Gasteiger partial charge is 0.329 e. The number of hydrogen-bond acceptors (Lipinski definition) is 6. The molecule has 4 rings (SSSR count). The molecule has 0 spiro atoms. The molecule has 0 saturated carbocycles. The van der Waals surface area contributed by atoms with Crippen LogP contribution >= 0.6 is 0 Å². The summed E-state index contributed by atoms with van der Waals surface area (Å²) in [5.74, 6) is 0.930. The Morgan fingerprint density at radius 1 is 1.26 bits per heavy atom. The van der Waals surface area contributed by atoms with Gasteiger partial charge < -0.3 is 14.8 Å². The second-order valence-corrected chi connectivity index (χ2v) is 5.97. The standard InChI is InChI=1S/C18H16N4O5/c1-2-22-15-12(17(24)21-18(22)25)6-11(8-19-15)16(23)20-7-10-3-4-13-14(5-10)27-9-26-13/h3-6,8H,2,7,9H2,1H3,(H,20,23)(H,21,24,25). The Hall–Kier alpha value is -3.62. The number of carbonyl (C=O) groups excluding carboxylic acids is 1. The van der Waals surface area contributed by atoms with Crippen molar-refractivity contribution in [2.45, 2.75) is 20.0 Å². The van der Waals surface area contributed by atoms with Crippen LogP contribution in [0.15, 0.2) is 40.1 Å². The van der Waals surface area contributed by atoms with Crippen LogP contribution in [0.1, 0.15) is 22.8 Å². The van der Waals surface area contributed by atoms with E-state index in [1.807, 2.05) is 6.07 Å². The number of aromatic nitrogens is 3. The Labute approximate surface area is 152 Å². The summed E-state index contributed by atoms with van der Waals surface area (Å²) in [5.41, 5.74) is 0.229. The van der Waals surface area contributed by atoms with Gasteiger partial charge in [0.05, 0.1) is 10.9 Å². The highest BCUT2D eigenvalue weighted by atomic mass is 16.7. The number of ether oxygens (including phenoxy) is 2. The monoisotopic (exact) mass is 368 g/mol. The van der Waals surface area contributed by atoms with Crippen LogP contribution in [-0.4, -0.2) is 27.2 Å². The summed E-state index contributed by atoms with van der Waals surface area (Å²) >= 11 is 0. The van der Waals surface area contributed by atoms with Crippen LogP contribution in [0, 0.1) is 0 Å². The molecular formula is C18H16N4O5. The van der Waals surface area contributed by atoms with Crippen molar-refractivity contribution >= 4 is 16.9 Å². The second kappa shape index (κ2) is 6.60. The van der Waals surface area contributed by atoms with Gasteiger partial charge in [0.2, 0.25) is 6.79 Å². The average molecular weight is 368 g/mol. The summed E-state index contributed by atoms with van der Waals surface area (Å²) in [5, 5.41) is 2.96. The first kappa shape index (κ1) is 16.8. The van der Waals surface area contributed by atoms with E-state index in [0.717, 1.165) is 5.56 Å². The molecule has 1 aliphatic rings. The third-order valence-electron chi connectivity index (χ3n) is 4.30. The molecule has 1 amide bonds. The molecule has 0 aliphatic carbocycles. The van der Waals surface area contributed by atoms with Crippen LogP contribution in [0.4, 0.5) is 0 Å². The highest BCUT2D eigenvalue weighted by molar-refractivity contribution is 5.96. The number of fused-ring (bicyclic) bond motifs is 2. The summed E-state index contributed by atoms with van der Waals surface area (Å²) in [6.07, 6.45) is 1.35. The molecule has 138 valence electrons. The predicted octanol–water partition coefficient (Wildman–Crippen LogP) is 0.763. The Balaban J connectivity index is 1.58. The summed E-state index contributed by atoms with van der Waals surface area (Å²) < 4.78 is 11.9. The molecule has 9 heteroatoms. The Morgan fingerprint density at radius 3 is 2.89 bits per heavy atom. The van der Waals surface area contributed by atoms with Gasteiger partial charge in [-0.05, 0) is 30.7 Å². The molecule has 1 aliphatic heterocycles. The fourth-order valence-electron chi connectivity index (χ4n) is 2.92. The van der Waals surface area contributed by atoms with Crippen molar-refractivity contribution in [1.29, 1.82) is 0 Å². The van der Waals surface area contributed by atoms with Crippen LogP contribution in [0.25, 0.3) is 11.0 Å². The van der Waals surface area contributed by atoms with Gasteiger partial charge >= 0.3 is 5.69 Å². The van der Waals surface area contributed by atoms with E-state index >= 15 is 0 Å². The summed E-state index contributed by atoms with van der Waals surface area (Å²) in [7, 11) is 0. The molecule has 0 fully saturated rings. The Morgan fingerprint density at radius 2 is 2.07 bits per heavy atom. The Kier molecular flexibility index (Phi) is 4.11. The zero-order valence-electron chi connectivity index (χ0n) is 14.4. The highest BCUT2D eigenvalue weighted by Gasteiger charge is 2.15. The third kappa shape index (κ3) is 3.03. The molecule has 3 heterocycles. The lowest BCUT2D eigenvalue weighted by molar-refractivity contribution is 0.0950. The highest BCUT2D eigenvalue weighted by Crippen LogP contribution is 2.32. The molecule has 0 atom stereocenters. The number of rotatable bonds is 4. The van der Waals surface area contributed by atoms with Gasteiger partial charge in [-0.2, -0.15) is 0 Å². The number of H-pyrrole nitrogens is 1. The first-order valence-corrected chi connectivity index (χ1v) is 8.36. The quantitative estimate of drug-likeness (QED) is 0.703. The van der Waals surface area contributed by atoms with E-state index in [9.17, 15) is 14.4 Å². The summed E-state index contributed by atoms with van der Waals surface area (Å²) in [4.78, 5) is 42.7.